The Kier molecular flexibility index (Phi) is 7.52. The Bertz CT molecular complexity index is 891. The van der Waals surface area contributed by atoms with E-state index in [0.29, 0.717) is 21.1 Å². The Morgan fingerprint density at radius 2 is 1.93 bits per heavy atom. The molecule has 12 heteroatoms. The average Bonchev–Trinajstić information content (AvgIpc) is 3.05. The number of benzene rings is 1. The molecule has 0 aliphatic heterocycles. The number of rotatable bonds is 8. The Balaban J connectivity index is 2.13. The van der Waals surface area contributed by atoms with E-state index in [1.165, 1.54) is 0 Å². The maximum Gasteiger partial charge on any atom is 0.253 e. The summed E-state index contributed by atoms with van der Waals surface area (Å²) in [6.07, 6.45) is -0.198. The van der Waals surface area contributed by atoms with Crippen LogP contribution in [0.25, 0.3) is 10.6 Å². The number of hydrogen-bond acceptors (Lipinski definition) is 7. The molecular weight excluding hydrogens is 440 g/mol. The SMILES string of the molecule is CS(=O)(=O)Cc1nnc(-c2ccc(C(O)C(CF)NC(=O)C(Cl)Cl)cc2)s1. The van der Waals surface area contributed by atoms with Crippen LogP contribution in [-0.2, 0) is 20.4 Å². The minimum Gasteiger partial charge on any atom is -0.386 e. The van der Waals surface area contributed by atoms with Gasteiger partial charge in [0.15, 0.2) is 14.7 Å². The van der Waals surface area contributed by atoms with Crippen molar-refractivity contribution in [2.45, 2.75) is 22.7 Å². The first-order valence-electron chi connectivity index (χ1n) is 7.53. The molecule has 1 aromatic heterocycles. The van der Waals surface area contributed by atoms with Gasteiger partial charge in [-0.25, -0.2) is 12.8 Å². The van der Waals surface area contributed by atoms with Gasteiger partial charge in [0.25, 0.3) is 5.91 Å². The molecule has 0 fully saturated rings. The summed E-state index contributed by atoms with van der Waals surface area (Å²) in [4.78, 5) is 10.1. The van der Waals surface area contributed by atoms with E-state index in [2.05, 4.69) is 15.5 Å². The van der Waals surface area contributed by atoms with E-state index in [4.69, 9.17) is 23.2 Å². The molecule has 0 spiro atoms. The highest BCUT2D eigenvalue weighted by Crippen LogP contribution is 2.27. The Hall–Kier alpha value is -1.33. The second kappa shape index (κ2) is 9.24. The lowest BCUT2D eigenvalue weighted by molar-refractivity contribution is -0.121. The quantitative estimate of drug-likeness (QED) is 0.589. The molecule has 2 rings (SSSR count). The van der Waals surface area contributed by atoms with E-state index in [1.807, 2.05) is 0 Å². The molecule has 2 atom stereocenters. The van der Waals surface area contributed by atoms with Crippen LogP contribution in [0, 0.1) is 0 Å². The van der Waals surface area contributed by atoms with Gasteiger partial charge in [0.2, 0.25) is 0 Å². The highest BCUT2D eigenvalue weighted by Gasteiger charge is 2.25. The fourth-order valence-corrected chi connectivity index (χ4v) is 4.31. The van der Waals surface area contributed by atoms with Crippen LogP contribution >= 0.6 is 34.5 Å². The van der Waals surface area contributed by atoms with E-state index in [0.717, 1.165) is 17.6 Å². The second-order valence-electron chi connectivity index (χ2n) is 5.71. The Labute approximate surface area is 169 Å². The van der Waals surface area contributed by atoms with Crippen molar-refractivity contribution in [2.24, 2.45) is 0 Å². The summed E-state index contributed by atoms with van der Waals surface area (Å²) < 4.78 is 35.8. The third kappa shape index (κ3) is 6.35. The van der Waals surface area contributed by atoms with Crippen LogP contribution in [0.2, 0.25) is 0 Å². The predicted octanol–water partition coefficient (Wildman–Crippen LogP) is 2.04. The Morgan fingerprint density at radius 3 is 2.44 bits per heavy atom. The number of alkyl halides is 3. The van der Waals surface area contributed by atoms with Crippen LogP contribution in [-0.4, -0.2) is 53.4 Å². The first-order valence-corrected chi connectivity index (χ1v) is 11.3. The number of nitrogens with zero attached hydrogens (tertiary/aromatic N) is 2. The molecule has 0 bridgehead atoms. The van der Waals surface area contributed by atoms with E-state index < -0.39 is 39.4 Å². The maximum absolute atomic E-state index is 13.2. The standard InChI is InChI=1S/C15H16Cl2FN3O4S2/c1-27(24,25)7-11-20-21-15(26-11)9-4-2-8(3-5-9)12(22)10(6-18)19-14(23)13(16)17/h2-5,10,12-13,22H,6-7H2,1H3,(H,19,23). The van der Waals surface area contributed by atoms with Crippen LogP contribution < -0.4 is 5.32 Å². The molecule has 27 heavy (non-hydrogen) atoms. The van der Waals surface area contributed by atoms with Crippen LogP contribution in [0.5, 0.6) is 0 Å². The zero-order valence-corrected chi connectivity index (χ0v) is 17.1. The number of carbonyl (C=O) groups excluding carboxylic acids is 1. The molecule has 0 saturated carbocycles. The maximum atomic E-state index is 13.2. The van der Waals surface area contributed by atoms with Gasteiger partial charge in [0.1, 0.15) is 28.5 Å². The summed E-state index contributed by atoms with van der Waals surface area (Å²) in [5, 5.41) is 21.2. The largest absolute Gasteiger partial charge is 0.386 e. The molecule has 2 aromatic rings. The smallest absolute Gasteiger partial charge is 0.253 e. The number of hydrogen-bond donors (Lipinski definition) is 2. The van der Waals surface area contributed by atoms with E-state index in [1.54, 1.807) is 24.3 Å². The molecule has 148 valence electrons. The predicted molar refractivity (Wildman–Crippen MR) is 102 cm³/mol. The molecule has 7 nitrogen and oxygen atoms in total. The first-order chi connectivity index (χ1) is 12.6. The zero-order valence-electron chi connectivity index (χ0n) is 14.0. The highest BCUT2D eigenvalue weighted by molar-refractivity contribution is 7.90. The van der Waals surface area contributed by atoms with Gasteiger partial charge >= 0.3 is 0 Å². The summed E-state index contributed by atoms with van der Waals surface area (Å²) in [6, 6.07) is 5.15. The fourth-order valence-electron chi connectivity index (χ4n) is 2.16. The molecule has 2 N–H and O–H groups in total. The lowest BCUT2D eigenvalue weighted by Crippen LogP contribution is -2.43. The van der Waals surface area contributed by atoms with Crippen LogP contribution in [0.3, 0.4) is 0 Å². The van der Waals surface area contributed by atoms with Gasteiger partial charge < -0.3 is 10.4 Å². The summed E-state index contributed by atoms with van der Waals surface area (Å²) in [6.45, 7) is -1.01. The number of aliphatic hydroxyl groups excluding tert-OH is 1. The van der Waals surface area contributed by atoms with Crippen molar-refractivity contribution < 1.29 is 22.7 Å². The zero-order chi connectivity index (χ0) is 20.2. The third-order valence-corrected chi connectivity index (χ3v) is 5.77. The van der Waals surface area contributed by atoms with Gasteiger partial charge in [-0.1, -0.05) is 58.8 Å². The van der Waals surface area contributed by atoms with Crippen molar-refractivity contribution in [3.8, 4) is 10.6 Å². The number of aliphatic hydroxyl groups is 1. The van der Waals surface area contributed by atoms with Crippen LogP contribution in [0.1, 0.15) is 16.7 Å². The molecule has 2 unspecified atom stereocenters. The lowest BCUT2D eigenvalue weighted by Gasteiger charge is -2.22. The van der Waals surface area contributed by atoms with Crippen LogP contribution in [0.15, 0.2) is 24.3 Å². The summed E-state index contributed by atoms with van der Waals surface area (Å²) >= 11 is 12.0. The van der Waals surface area contributed by atoms with E-state index in [-0.39, 0.29) is 5.75 Å². The van der Waals surface area contributed by atoms with Gasteiger partial charge in [-0.15, -0.1) is 10.2 Å². The number of nitrogens with one attached hydrogen (secondary N) is 1. The summed E-state index contributed by atoms with van der Waals surface area (Å²) in [5.41, 5.74) is 1.02. The first kappa shape index (κ1) is 22.0. The van der Waals surface area contributed by atoms with Crippen molar-refractivity contribution in [3.63, 3.8) is 0 Å². The molecule has 1 heterocycles. The highest BCUT2D eigenvalue weighted by atomic mass is 35.5. The number of halogens is 3. The van der Waals surface area contributed by atoms with Crippen molar-refractivity contribution in [2.75, 3.05) is 12.9 Å². The number of aromatic nitrogens is 2. The van der Waals surface area contributed by atoms with Crippen LogP contribution in [0.4, 0.5) is 4.39 Å². The topological polar surface area (TPSA) is 109 Å². The molecule has 0 radical (unpaired) electrons. The third-order valence-electron chi connectivity index (χ3n) is 3.42. The molecule has 1 aromatic carbocycles. The van der Waals surface area contributed by atoms with Crippen molar-refractivity contribution >= 4 is 50.3 Å². The number of amides is 1. The monoisotopic (exact) mass is 455 g/mol. The van der Waals surface area contributed by atoms with Gasteiger partial charge in [0, 0.05) is 11.8 Å². The van der Waals surface area contributed by atoms with Crippen molar-refractivity contribution in [1.82, 2.24) is 15.5 Å². The number of sulfone groups is 1. The second-order valence-corrected chi connectivity index (χ2v) is 10.0. The molecular formula is C15H16Cl2FN3O4S2. The van der Waals surface area contributed by atoms with Crippen molar-refractivity contribution in [3.05, 3.63) is 34.8 Å². The Morgan fingerprint density at radius 1 is 1.30 bits per heavy atom. The summed E-state index contributed by atoms with van der Waals surface area (Å²) in [7, 11) is -3.21. The molecule has 0 aliphatic carbocycles. The van der Waals surface area contributed by atoms with Gasteiger partial charge in [-0.2, -0.15) is 0 Å². The molecule has 0 saturated heterocycles. The summed E-state index contributed by atoms with van der Waals surface area (Å²) in [5.74, 6) is -0.995. The normalized spacial score (nSPS) is 14.1. The minimum absolute atomic E-state index is 0.193. The van der Waals surface area contributed by atoms with E-state index >= 15 is 0 Å². The molecule has 0 aliphatic rings. The minimum atomic E-state index is -3.21. The molecule has 1 amide bonds. The van der Waals surface area contributed by atoms with Gasteiger partial charge in [-0.05, 0) is 5.56 Å². The average molecular weight is 456 g/mol. The fraction of sp³-hybridized carbons (Fsp3) is 0.400. The lowest BCUT2D eigenvalue weighted by atomic mass is 10.0. The number of carbonyl (C=O) groups is 1. The van der Waals surface area contributed by atoms with E-state index in [9.17, 15) is 22.7 Å². The van der Waals surface area contributed by atoms with Gasteiger partial charge in [0.05, 0.1) is 6.04 Å². The van der Waals surface area contributed by atoms with Gasteiger partial charge in [-0.3, -0.25) is 4.79 Å². The van der Waals surface area contributed by atoms with Crippen molar-refractivity contribution in [1.29, 1.82) is 0 Å².